The van der Waals surface area contributed by atoms with Crippen LogP contribution in [0.25, 0.3) is 0 Å². The van der Waals surface area contributed by atoms with Gasteiger partial charge in [-0.3, -0.25) is 14.9 Å². The number of rotatable bonds is 5. The lowest BCUT2D eigenvalue weighted by Gasteiger charge is -2.08. The van der Waals surface area contributed by atoms with Gasteiger partial charge in [-0.25, -0.2) is 9.48 Å². The predicted molar refractivity (Wildman–Crippen MR) is 68.7 cm³/mol. The largest absolute Gasteiger partial charge is 0.478 e. The third kappa shape index (κ3) is 3.37. The summed E-state index contributed by atoms with van der Waals surface area (Å²) < 4.78 is 1.25. The van der Waals surface area contributed by atoms with Crippen molar-refractivity contribution in [3.05, 3.63) is 46.3 Å². The molecule has 0 atom stereocenters. The van der Waals surface area contributed by atoms with E-state index in [-0.39, 0.29) is 23.5 Å². The van der Waals surface area contributed by atoms with Crippen molar-refractivity contribution in [3.63, 3.8) is 0 Å². The Kier molecular flexibility index (Phi) is 3.88. The van der Waals surface area contributed by atoms with Crippen molar-refractivity contribution < 1.29 is 19.6 Å². The van der Waals surface area contributed by atoms with E-state index >= 15 is 0 Å². The molecule has 0 aliphatic heterocycles. The lowest BCUT2D eigenvalue weighted by atomic mass is 10.1. The number of nitrogens with zero attached hydrogens (tertiary/aromatic N) is 4. The van der Waals surface area contributed by atoms with Crippen LogP contribution in [0.3, 0.4) is 0 Å². The lowest BCUT2D eigenvalue weighted by molar-refractivity contribution is -0.384. The Balaban J connectivity index is 2.21. The first-order valence-electron chi connectivity index (χ1n) is 5.63. The molecule has 0 aliphatic carbocycles. The topological polar surface area (TPSA) is 140 Å². The molecule has 0 bridgehead atoms. The molecular formula is C11H9N5O5. The number of carboxylic acid groups (broad SMARTS) is 1. The molecule has 2 N–H and O–H groups in total. The summed E-state index contributed by atoms with van der Waals surface area (Å²) in [5.41, 5.74) is -0.768. The van der Waals surface area contributed by atoms with E-state index in [9.17, 15) is 19.7 Å². The molecule has 108 valence electrons. The van der Waals surface area contributed by atoms with Gasteiger partial charge in [0.2, 0.25) is 5.91 Å². The highest BCUT2D eigenvalue weighted by Crippen LogP contribution is 2.22. The summed E-state index contributed by atoms with van der Waals surface area (Å²) in [6.07, 6.45) is 2.86. The van der Waals surface area contributed by atoms with E-state index in [4.69, 9.17) is 5.11 Å². The van der Waals surface area contributed by atoms with E-state index < -0.39 is 16.8 Å². The zero-order valence-corrected chi connectivity index (χ0v) is 10.5. The Morgan fingerprint density at radius 3 is 2.76 bits per heavy atom. The molecule has 2 aromatic rings. The Morgan fingerprint density at radius 2 is 2.19 bits per heavy atom. The van der Waals surface area contributed by atoms with Crippen molar-refractivity contribution in [1.29, 1.82) is 0 Å². The Labute approximate surface area is 117 Å². The van der Waals surface area contributed by atoms with Crippen LogP contribution in [0.5, 0.6) is 0 Å². The SMILES string of the molecule is O=C(Cn1ccnn1)Nc1ccc([N+](=O)[O-])cc1C(=O)O. The number of hydrogen-bond donors (Lipinski definition) is 2. The van der Waals surface area contributed by atoms with Crippen molar-refractivity contribution in [2.75, 3.05) is 5.32 Å². The molecule has 0 spiro atoms. The number of amides is 1. The fraction of sp³-hybridized carbons (Fsp3) is 0.0909. The standard InChI is InChI=1S/C11H9N5O5/c17-10(6-15-4-3-12-14-15)13-9-2-1-7(16(20)21)5-8(9)11(18)19/h1-5H,6H2,(H,13,17)(H,18,19). The number of aromatic carboxylic acids is 1. The van der Waals surface area contributed by atoms with Crippen LogP contribution in [0.2, 0.25) is 0 Å². The molecule has 1 heterocycles. The molecule has 0 aliphatic rings. The van der Waals surface area contributed by atoms with Gasteiger partial charge in [-0.05, 0) is 6.07 Å². The van der Waals surface area contributed by atoms with Gasteiger partial charge in [-0.1, -0.05) is 5.21 Å². The Morgan fingerprint density at radius 1 is 1.43 bits per heavy atom. The molecule has 1 aromatic carbocycles. The average molecular weight is 291 g/mol. The summed E-state index contributed by atoms with van der Waals surface area (Å²) >= 11 is 0. The van der Waals surface area contributed by atoms with Crippen molar-refractivity contribution in [2.45, 2.75) is 6.54 Å². The fourth-order valence-electron chi connectivity index (χ4n) is 1.59. The minimum Gasteiger partial charge on any atom is -0.478 e. The number of hydrogen-bond acceptors (Lipinski definition) is 6. The maximum absolute atomic E-state index is 11.7. The van der Waals surface area contributed by atoms with Crippen LogP contribution in [0.15, 0.2) is 30.6 Å². The summed E-state index contributed by atoms with van der Waals surface area (Å²) in [5.74, 6) is -1.91. The van der Waals surface area contributed by atoms with E-state index in [1.165, 1.54) is 23.1 Å². The van der Waals surface area contributed by atoms with Crippen LogP contribution >= 0.6 is 0 Å². The van der Waals surface area contributed by atoms with Gasteiger partial charge in [0.1, 0.15) is 6.54 Å². The van der Waals surface area contributed by atoms with Crippen LogP contribution < -0.4 is 5.32 Å². The number of aromatic nitrogens is 3. The molecule has 2 rings (SSSR count). The molecular weight excluding hydrogens is 282 g/mol. The highest BCUT2D eigenvalue weighted by atomic mass is 16.6. The summed E-state index contributed by atoms with van der Waals surface area (Å²) in [6.45, 7) is -0.157. The second kappa shape index (κ2) is 5.77. The highest BCUT2D eigenvalue weighted by Gasteiger charge is 2.17. The number of carboxylic acids is 1. The first-order chi connectivity index (χ1) is 9.97. The van der Waals surface area contributed by atoms with Gasteiger partial charge in [-0.15, -0.1) is 5.10 Å². The minimum absolute atomic E-state index is 0.0294. The third-order valence-corrected chi connectivity index (χ3v) is 2.50. The van der Waals surface area contributed by atoms with Gasteiger partial charge in [-0.2, -0.15) is 0 Å². The number of carbonyl (C=O) groups is 2. The summed E-state index contributed by atoms with van der Waals surface area (Å²) in [7, 11) is 0. The number of nitro benzene ring substituents is 1. The van der Waals surface area contributed by atoms with E-state index in [0.29, 0.717) is 0 Å². The molecule has 0 radical (unpaired) electrons. The monoisotopic (exact) mass is 291 g/mol. The molecule has 1 amide bonds. The predicted octanol–water partition coefficient (Wildman–Crippen LogP) is 0.523. The summed E-state index contributed by atoms with van der Waals surface area (Å²) in [5, 5.41) is 29.1. The quantitative estimate of drug-likeness (QED) is 0.604. The zero-order chi connectivity index (χ0) is 15.4. The van der Waals surface area contributed by atoms with Gasteiger partial charge in [0.15, 0.2) is 0 Å². The van der Waals surface area contributed by atoms with Crippen LogP contribution in [-0.4, -0.2) is 36.9 Å². The molecule has 0 saturated heterocycles. The lowest BCUT2D eigenvalue weighted by Crippen LogP contribution is -2.20. The molecule has 10 nitrogen and oxygen atoms in total. The number of non-ortho nitro benzene ring substituents is 1. The number of nitrogens with one attached hydrogen (secondary N) is 1. The highest BCUT2D eigenvalue weighted by molar-refractivity contribution is 6.01. The molecule has 21 heavy (non-hydrogen) atoms. The van der Waals surface area contributed by atoms with Crippen LogP contribution in [-0.2, 0) is 11.3 Å². The van der Waals surface area contributed by atoms with E-state index in [2.05, 4.69) is 15.6 Å². The van der Waals surface area contributed by atoms with Crippen molar-refractivity contribution in [1.82, 2.24) is 15.0 Å². The second-order valence-corrected chi connectivity index (χ2v) is 3.94. The van der Waals surface area contributed by atoms with Crippen LogP contribution in [0.4, 0.5) is 11.4 Å². The first-order valence-corrected chi connectivity index (χ1v) is 5.63. The Bertz CT molecular complexity index is 697. The zero-order valence-electron chi connectivity index (χ0n) is 10.5. The number of anilines is 1. The molecule has 10 heteroatoms. The first kappa shape index (κ1) is 14.1. The summed E-state index contributed by atoms with van der Waals surface area (Å²) in [6, 6.07) is 3.16. The second-order valence-electron chi connectivity index (χ2n) is 3.94. The van der Waals surface area contributed by atoms with Gasteiger partial charge in [0.05, 0.1) is 22.4 Å². The maximum Gasteiger partial charge on any atom is 0.338 e. The van der Waals surface area contributed by atoms with E-state index in [1.807, 2.05) is 0 Å². The van der Waals surface area contributed by atoms with Crippen molar-refractivity contribution in [3.8, 4) is 0 Å². The molecule has 1 aromatic heterocycles. The maximum atomic E-state index is 11.7. The van der Waals surface area contributed by atoms with Crippen molar-refractivity contribution in [2.24, 2.45) is 0 Å². The van der Waals surface area contributed by atoms with Crippen LogP contribution in [0.1, 0.15) is 10.4 Å². The van der Waals surface area contributed by atoms with Gasteiger partial charge < -0.3 is 10.4 Å². The third-order valence-electron chi connectivity index (χ3n) is 2.50. The Hall–Kier alpha value is -3.30. The average Bonchev–Trinajstić information content (AvgIpc) is 2.91. The minimum atomic E-state index is -1.38. The number of nitro groups is 1. The summed E-state index contributed by atoms with van der Waals surface area (Å²) in [4.78, 5) is 32.8. The van der Waals surface area contributed by atoms with Gasteiger partial charge in [0, 0.05) is 18.3 Å². The molecule has 0 unspecified atom stereocenters. The van der Waals surface area contributed by atoms with Gasteiger partial charge in [0.25, 0.3) is 5.69 Å². The number of benzene rings is 1. The number of carbonyl (C=O) groups excluding carboxylic acids is 1. The molecule has 0 saturated carbocycles. The molecule has 0 fully saturated rings. The van der Waals surface area contributed by atoms with E-state index in [0.717, 1.165) is 12.1 Å². The fourth-order valence-corrected chi connectivity index (χ4v) is 1.59. The van der Waals surface area contributed by atoms with Gasteiger partial charge >= 0.3 is 5.97 Å². The normalized spacial score (nSPS) is 10.1. The van der Waals surface area contributed by atoms with Crippen molar-refractivity contribution >= 4 is 23.3 Å². The smallest absolute Gasteiger partial charge is 0.338 e. The van der Waals surface area contributed by atoms with Crippen LogP contribution in [0, 0.1) is 10.1 Å². The van der Waals surface area contributed by atoms with E-state index in [1.54, 1.807) is 0 Å².